The van der Waals surface area contributed by atoms with Crippen LogP contribution in [0.25, 0.3) is 34.7 Å². The molecule has 184 valence electrons. The monoisotopic (exact) mass is 494 g/mol. The molecule has 0 N–H and O–H groups in total. The zero-order valence-electron chi connectivity index (χ0n) is 21.4. The van der Waals surface area contributed by atoms with Crippen molar-refractivity contribution in [2.75, 3.05) is 19.0 Å². The molecule has 1 aromatic heterocycles. The van der Waals surface area contributed by atoms with E-state index in [-0.39, 0.29) is 0 Å². The topological polar surface area (TPSA) is 25.6 Å². The molecule has 0 bridgehead atoms. The number of anilines is 1. The third kappa shape index (κ3) is 3.51. The van der Waals surface area contributed by atoms with Crippen molar-refractivity contribution in [3.8, 4) is 34.0 Å². The summed E-state index contributed by atoms with van der Waals surface area (Å²) in [5.74, 6) is 1.64. The van der Waals surface area contributed by atoms with E-state index < -0.39 is 6.69 Å². The van der Waals surface area contributed by atoms with Crippen LogP contribution in [0.5, 0.6) is 11.5 Å². The van der Waals surface area contributed by atoms with E-state index in [4.69, 9.17) is 9.31 Å². The Morgan fingerprint density at radius 2 is 1.13 bits per heavy atom. The lowest BCUT2D eigenvalue weighted by molar-refractivity contribution is -0.548. The molecule has 0 fully saturated rings. The molecule has 5 aromatic rings. The molecule has 5 heteroatoms. The standard InChI is InChI=1S/C33H27BN2O2/c1-35(2)27-20-18-24(19-21-27)16-17-25-22-30-28-12-6-8-14-32(28)37-34(26-10-4-3-5-11-26)36(30)31(23-25)29-13-7-9-15-33(29)38-34/h3-23H,1-2H3/b17-16+. The van der Waals surface area contributed by atoms with Crippen LogP contribution in [-0.2, 0) is 0 Å². The SMILES string of the molecule is CN(C)c1ccc(/C=C/c2cc3[n+]4c(c2)-c2ccccc2O[B-]4(c2ccccc2)Oc2ccccc2-3)cc1. The number of hydrogen-bond acceptors (Lipinski definition) is 3. The van der Waals surface area contributed by atoms with Gasteiger partial charge in [0.25, 0.3) is 0 Å². The predicted molar refractivity (Wildman–Crippen MR) is 156 cm³/mol. The fourth-order valence-corrected chi connectivity index (χ4v) is 5.60. The summed E-state index contributed by atoms with van der Waals surface area (Å²) in [5, 5.41) is 0. The molecule has 4 aromatic carbocycles. The van der Waals surface area contributed by atoms with E-state index in [1.54, 1.807) is 0 Å². The second-order valence-corrected chi connectivity index (χ2v) is 10.1. The van der Waals surface area contributed by atoms with Gasteiger partial charge in [0, 0.05) is 31.9 Å². The Morgan fingerprint density at radius 1 is 0.605 bits per heavy atom. The Balaban J connectivity index is 1.46. The molecule has 2 aliphatic heterocycles. The maximum atomic E-state index is 6.85. The number of benzene rings is 4. The van der Waals surface area contributed by atoms with E-state index in [9.17, 15) is 0 Å². The van der Waals surface area contributed by atoms with Crippen molar-refractivity contribution in [2.45, 2.75) is 0 Å². The quantitative estimate of drug-likeness (QED) is 0.286. The highest BCUT2D eigenvalue weighted by atomic mass is 16.6. The third-order valence-electron chi connectivity index (χ3n) is 7.46. The largest absolute Gasteiger partial charge is 0.685 e. The number of fused-ring (bicyclic) bond motifs is 4. The van der Waals surface area contributed by atoms with Crippen molar-refractivity contribution in [1.29, 1.82) is 0 Å². The van der Waals surface area contributed by atoms with Crippen LogP contribution in [0.2, 0.25) is 0 Å². The number of para-hydroxylation sites is 2. The summed E-state index contributed by atoms with van der Waals surface area (Å²) in [6.45, 7) is -2.05. The van der Waals surface area contributed by atoms with E-state index in [0.717, 1.165) is 50.6 Å². The Hall–Kier alpha value is -4.77. The van der Waals surface area contributed by atoms with Crippen LogP contribution < -0.4 is 24.1 Å². The van der Waals surface area contributed by atoms with Crippen LogP contribution >= 0.6 is 0 Å². The lowest BCUT2D eigenvalue weighted by atomic mass is 9.59. The van der Waals surface area contributed by atoms with Crippen molar-refractivity contribution >= 4 is 30.0 Å². The second kappa shape index (κ2) is 8.67. The highest BCUT2D eigenvalue weighted by Gasteiger charge is 2.56. The first-order valence-corrected chi connectivity index (χ1v) is 12.9. The molecular weight excluding hydrogens is 467 g/mol. The molecule has 0 aliphatic carbocycles. The van der Waals surface area contributed by atoms with Gasteiger partial charge in [-0.15, -0.1) is 0 Å². The van der Waals surface area contributed by atoms with Gasteiger partial charge in [0.2, 0.25) is 0 Å². The first-order valence-electron chi connectivity index (χ1n) is 12.9. The zero-order valence-corrected chi connectivity index (χ0v) is 21.4. The van der Waals surface area contributed by atoms with Crippen molar-refractivity contribution < 1.29 is 13.8 Å². The van der Waals surface area contributed by atoms with Crippen LogP contribution in [0, 0.1) is 0 Å². The highest BCUT2D eigenvalue weighted by molar-refractivity contribution is 6.75. The van der Waals surface area contributed by atoms with Gasteiger partial charge in [-0.1, -0.05) is 78.9 Å². The van der Waals surface area contributed by atoms with Crippen LogP contribution in [0.4, 0.5) is 5.69 Å². The Kier molecular flexibility index (Phi) is 5.12. The minimum atomic E-state index is -2.05. The number of aromatic nitrogens is 1. The lowest BCUT2D eigenvalue weighted by Crippen LogP contribution is -2.83. The average molecular weight is 494 g/mol. The minimum absolute atomic E-state index is 0.821. The van der Waals surface area contributed by atoms with Gasteiger partial charge in [0.15, 0.2) is 11.4 Å². The van der Waals surface area contributed by atoms with Crippen LogP contribution in [0.1, 0.15) is 11.1 Å². The molecule has 7 rings (SSSR count). The van der Waals surface area contributed by atoms with Crippen LogP contribution in [0.15, 0.2) is 115 Å². The summed E-state index contributed by atoms with van der Waals surface area (Å²) in [4.78, 5) is 2.11. The molecule has 0 amide bonds. The molecule has 0 saturated carbocycles. The predicted octanol–water partition coefficient (Wildman–Crippen LogP) is 6.02. The van der Waals surface area contributed by atoms with Crippen LogP contribution in [-0.4, -0.2) is 20.8 Å². The Labute approximate surface area is 223 Å². The fraction of sp³-hybridized carbons (Fsp3) is 0.0606. The average Bonchev–Trinajstić information content (AvgIpc) is 2.96. The number of hydrogen-bond donors (Lipinski definition) is 0. The molecule has 0 unspecified atom stereocenters. The number of nitrogens with zero attached hydrogens (tertiary/aromatic N) is 2. The van der Waals surface area contributed by atoms with Crippen molar-refractivity contribution in [3.05, 3.63) is 126 Å². The van der Waals surface area contributed by atoms with Crippen molar-refractivity contribution in [3.63, 3.8) is 0 Å². The fourth-order valence-electron chi connectivity index (χ4n) is 5.60. The van der Waals surface area contributed by atoms with Gasteiger partial charge in [-0.2, -0.15) is 0 Å². The molecule has 4 nitrogen and oxygen atoms in total. The summed E-state index contributed by atoms with van der Waals surface area (Å²) >= 11 is 0. The normalized spacial score (nSPS) is 14.1. The first kappa shape index (κ1) is 22.4. The lowest BCUT2D eigenvalue weighted by Gasteiger charge is -2.44. The van der Waals surface area contributed by atoms with Gasteiger partial charge in [0.05, 0.1) is 22.6 Å². The summed E-state index contributed by atoms with van der Waals surface area (Å²) in [5.41, 5.74) is 8.71. The third-order valence-corrected chi connectivity index (χ3v) is 7.46. The number of rotatable bonds is 4. The van der Waals surface area contributed by atoms with Gasteiger partial charge >= 0.3 is 6.69 Å². The highest BCUT2D eigenvalue weighted by Crippen LogP contribution is 2.42. The summed E-state index contributed by atoms with van der Waals surface area (Å²) in [6.07, 6.45) is 4.36. The second-order valence-electron chi connectivity index (χ2n) is 10.1. The molecule has 0 saturated heterocycles. The van der Waals surface area contributed by atoms with Gasteiger partial charge in [-0.3, -0.25) is 0 Å². The summed E-state index contributed by atoms with van der Waals surface area (Å²) in [7, 11) is 4.11. The van der Waals surface area contributed by atoms with E-state index in [0.29, 0.717) is 0 Å². The molecule has 0 spiro atoms. The smallest absolute Gasteiger partial charge is 0.618 e. The van der Waals surface area contributed by atoms with Crippen molar-refractivity contribution in [1.82, 2.24) is 0 Å². The Bertz CT molecular complexity index is 1620. The van der Waals surface area contributed by atoms with E-state index in [2.05, 4.69) is 108 Å². The van der Waals surface area contributed by atoms with E-state index >= 15 is 0 Å². The summed E-state index contributed by atoms with van der Waals surface area (Å²) < 4.78 is 16.0. The Morgan fingerprint density at radius 3 is 1.71 bits per heavy atom. The van der Waals surface area contributed by atoms with Gasteiger partial charge < -0.3 is 18.7 Å². The van der Waals surface area contributed by atoms with E-state index in [1.165, 1.54) is 5.69 Å². The molecule has 0 atom stereocenters. The van der Waals surface area contributed by atoms with Gasteiger partial charge in [-0.05, 0) is 53.0 Å². The minimum Gasteiger partial charge on any atom is -0.618 e. The summed E-state index contributed by atoms with van der Waals surface area (Å²) in [6, 6.07) is 39.8. The maximum absolute atomic E-state index is 6.85. The molecular formula is C33H27BN2O2. The molecule has 3 heterocycles. The number of pyridine rings is 1. The molecule has 38 heavy (non-hydrogen) atoms. The maximum Gasteiger partial charge on any atom is 0.685 e. The van der Waals surface area contributed by atoms with Gasteiger partial charge in [0.1, 0.15) is 0 Å². The molecule has 0 radical (unpaired) electrons. The zero-order chi connectivity index (χ0) is 25.7. The first-order chi connectivity index (χ1) is 18.6. The molecule has 2 aliphatic rings. The van der Waals surface area contributed by atoms with Gasteiger partial charge in [-0.25, -0.2) is 0 Å². The van der Waals surface area contributed by atoms with Crippen LogP contribution in [0.3, 0.4) is 0 Å². The van der Waals surface area contributed by atoms with E-state index in [1.807, 2.05) is 42.5 Å². The van der Waals surface area contributed by atoms with Crippen molar-refractivity contribution in [2.24, 2.45) is 0 Å².